The maximum Gasteiger partial charge on any atom is 0.240 e. The Balaban J connectivity index is 1.25. The highest BCUT2D eigenvalue weighted by Gasteiger charge is 2.56. The lowest BCUT2D eigenvalue weighted by molar-refractivity contribution is -0.131. The molecule has 0 atom stereocenters. The highest BCUT2D eigenvalue weighted by atomic mass is 19.1. The standard InChI is InChI=1S/C26H20FN3O3/c27-17-5-7-18(8-6-17)29-24(31)26(14-15-26)25(32)30-19-9-11-20(12-10-19)33-23-13-16-28-22-4-2-1-3-21(22)23/h1-13,16H,14-15H2,(H,29,31)(H,30,32). The van der Waals surface area contributed by atoms with E-state index in [4.69, 9.17) is 4.74 Å². The van der Waals surface area contributed by atoms with Crippen LogP contribution in [0.5, 0.6) is 11.5 Å². The second kappa shape index (κ2) is 8.35. The minimum absolute atomic E-state index is 0.365. The molecule has 6 nitrogen and oxygen atoms in total. The van der Waals surface area contributed by atoms with E-state index in [1.807, 2.05) is 24.3 Å². The van der Waals surface area contributed by atoms with E-state index >= 15 is 0 Å². The van der Waals surface area contributed by atoms with Crippen LogP contribution in [0.4, 0.5) is 15.8 Å². The molecule has 0 aliphatic heterocycles. The van der Waals surface area contributed by atoms with Gasteiger partial charge in [-0.1, -0.05) is 12.1 Å². The Kier molecular flexibility index (Phi) is 5.22. The zero-order valence-corrected chi connectivity index (χ0v) is 17.5. The van der Waals surface area contributed by atoms with Crippen molar-refractivity contribution in [2.75, 3.05) is 10.6 Å². The van der Waals surface area contributed by atoms with Gasteiger partial charge in [-0.05, 0) is 79.6 Å². The van der Waals surface area contributed by atoms with Crippen LogP contribution >= 0.6 is 0 Å². The number of pyridine rings is 1. The highest BCUT2D eigenvalue weighted by Crippen LogP contribution is 2.47. The van der Waals surface area contributed by atoms with Crippen molar-refractivity contribution in [2.45, 2.75) is 12.8 Å². The first-order valence-electron chi connectivity index (χ1n) is 10.5. The summed E-state index contributed by atoms with van der Waals surface area (Å²) in [5.41, 5.74) is 0.741. The van der Waals surface area contributed by atoms with E-state index in [2.05, 4.69) is 15.6 Å². The molecule has 164 valence electrons. The van der Waals surface area contributed by atoms with Crippen molar-refractivity contribution in [3.8, 4) is 11.5 Å². The maximum absolute atomic E-state index is 13.1. The van der Waals surface area contributed by atoms with Crippen molar-refractivity contribution in [1.82, 2.24) is 4.98 Å². The molecule has 33 heavy (non-hydrogen) atoms. The van der Waals surface area contributed by atoms with Crippen LogP contribution in [0.25, 0.3) is 10.9 Å². The normalized spacial score (nSPS) is 13.8. The van der Waals surface area contributed by atoms with Gasteiger partial charge >= 0.3 is 0 Å². The second-order valence-electron chi connectivity index (χ2n) is 7.95. The van der Waals surface area contributed by atoms with Crippen molar-refractivity contribution in [3.63, 3.8) is 0 Å². The van der Waals surface area contributed by atoms with E-state index in [1.165, 1.54) is 24.3 Å². The van der Waals surface area contributed by atoms with Crippen LogP contribution in [-0.2, 0) is 9.59 Å². The largest absolute Gasteiger partial charge is 0.457 e. The van der Waals surface area contributed by atoms with Crippen LogP contribution in [0.1, 0.15) is 12.8 Å². The number of hydrogen-bond donors (Lipinski definition) is 2. The van der Waals surface area contributed by atoms with Crippen molar-refractivity contribution in [1.29, 1.82) is 0 Å². The minimum Gasteiger partial charge on any atom is -0.457 e. The molecule has 1 saturated carbocycles. The maximum atomic E-state index is 13.1. The van der Waals surface area contributed by atoms with Gasteiger partial charge in [-0.2, -0.15) is 0 Å². The Bertz CT molecular complexity index is 1330. The molecule has 2 amide bonds. The Hall–Kier alpha value is -4.26. The Morgan fingerprint density at radius 1 is 0.818 bits per heavy atom. The number of ether oxygens (including phenoxy) is 1. The molecule has 7 heteroatoms. The van der Waals surface area contributed by atoms with Crippen LogP contribution < -0.4 is 15.4 Å². The predicted molar refractivity (Wildman–Crippen MR) is 124 cm³/mol. The molecule has 4 aromatic rings. The molecule has 1 heterocycles. The molecule has 1 aliphatic rings. The fourth-order valence-electron chi connectivity index (χ4n) is 3.61. The van der Waals surface area contributed by atoms with Crippen LogP contribution in [-0.4, -0.2) is 16.8 Å². The lowest BCUT2D eigenvalue weighted by atomic mass is 10.0. The molecule has 3 aromatic carbocycles. The third kappa shape index (κ3) is 4.25. The Labute approximate surface area is 189 Å². The second-order valence-corrected chi connectivity index (χ2v) is 7.95. The number of carbonyl (C=O) groups excluding carboxylic acids is 2. The van der Waals surface area contributed by atoms with E-state index in [0.29, 0.717) is 35.7 Å². The summed E-state index contributed by atoms with van der Waals surface area (Å²) >= 11 is 0. The number of nitrogens with one attached hydrogen (secondary N) is 2. The molecule has 0 unspecified atom stereocenters. The fourth-order valence-corrected chi connectivity index (χ4v) is 3.61. The average molecular weight is 441 g/mol. The quantitative estimate of drug-likeness (QED) is 0.386. The topological polar surface area (TPSA) is 80.3 Å². The number of fused-ring (bicyclic) bond motifs is 1. The van der Waals surface area contributed by atoms with E-state index in [1.54, 1.807) is 36.5 Å². The lowest BCUT2D eigenvalue weighted by Crippen LogP contribution is -2.35. The summed E-state index contributed by atoms with van der Waals surface area (Å²) in [4.78, 5) is 29.8. The number of aromatic nitrogens is 1. The summed E-state index contributed by atoms with van der Waals surface area (Å²) in [6, 6.07) is 21.9. The molecule has 1 aromatic heterocycles. The third-order valence-electron chi connectivity index (χ3n) is 5.67. The summed E-state index contributed by atoms with van der Waals surface area (Å²) in [5, 5.41) is 6.42. The highest BCUT2D eigenvalue weighted by molar-refractivity contribution is 6.16. The minimum atomic E-state index is -1.11. The monoisotopic (exact) mass is 441 g/mol. The number of benzene rings is 3. The lowest BCUT2D eigenvalue weighted by Gasteiger charge is -2.16. The molecular weight excluding hydrogens is 421 g/mol. The smallest absolute Gasteiger partial charge is 0.240 e. The first kappa shape index (κ1) is 20.6. The molecule has 0 radical (unpaired) electrons. The molecule has 0 spiro atoms. The molecule has 0 bridgehead atoms. The first-order chi connectivity index (χ1) is 16.0. The molecule has 5 rings (SSSR count). The van der Waals surface area contributed by atoms with E-state index < -0.39 is 17.1 Å². The van der Waals surface area contributed by atoms with Gasteiger partial charge in [0.2, 0.25) is 11.8 Å². The average Bonchev–Trinajstić information content (AvgIpc) is 3.65. The van der Waals surface area contributed by atoms with Crippen LogP contribution in [0, 0.1) is 11.2 Å². The van der Waals surface area contributed by atoms with Crippen molar-refractivity contribution >= 4 is 34.1 Å². The van der Waals surface area contributed by atoms with Crippen LogP contribution in [0.2, 0.25) is 0 Å². The van der Waals surface area contributed by atoms with Crippen molar-refractivity contribution in [2.24, 2.45) is 5.41 Å². The number of anilines is 2. The summed E-state index contributed by atoms with van der Waals surface area (Å²) < 4.78 is 19.1. The number of nitrogens with zero attached hydrogens (tertiary/aromatic N) is 1. The van der Waals surface area contributed by atoms with Gasteiger partial charge in [0, 0.05) is 23.0 Å². The zero-order valence-electron chi connectivity index (χ0n) is 17.5. The van der Waals surface area contributed by atoms with Crippen LogP contribution in [0.3, 0.4) is 0 Å². The van der Waals surface area contributed by atoms with Gasteiger partial charge in [0.25, 0.3) is 0 Å². The third-order valence-corrected chi connectivity index (χ3v) is 5.67. The number of carbonyl (C=O) groups is 2. The SMILES string of the molecule is O=C(Nc1ccc(F)cc1)C1(C(=O)Nc2ccc(Oc3ccnc4ccccc34)cc2)CC1. The van der Waals surface area contributed by atoms with Gasteiger partial charge in [0.05, 0.1) is 5.52 Å². The molecule has 1 aliphatic carbocycles. The predicted octanol–water partition coefficient (Wildman–Crippen LogP) is 5.52. The number of halogens is 1. The summed E-state index contributed by atoms with van der Waals surface area (Å²) in [6.45, 7) is 0. The number of rotatable bonds is 6. The van der Waals surface area contributed by atoms with E-state index in [9.17, 15) is 14.0 Å². The molecular formula is C26H20FN3O3. The summed E-state index contributed by atoms with van der Waals surface area (Å²) in [5.74, 6) is 0.148. The summed E-state index contributed by atoms with van der Waals surface area (Å²) in [7, 11) is 0. The van der Waals surface area contributed by atoms with Gasteiger partial charge in [-0.3, -0.25) is 14.6 Å². The molecule has 0 saturated heterocycles. The Morgan fingerprint density at radius 3 is 2.06 bits per heavy atom. The van der Waals surface area contributed by atoms with Gasteiger partial charge in [0.15, 0.2) is 0 Å². The van der Waals surface area contributed by atoms with Gasteiger partial charge in [0.1, 0.15) is 22.7 Å². The zero-order chi connectivity index (χ0) is 22.8. The number of hydrogen-bond acceptors (Lipinski definition) is 4. The van der Waals surface area contributed by atoms with E-state index in [-0.39, 0.29) is 5.91 Å². The number of para-hydroxylation sites is 1. The fraction of sp³-hybridized carbons (Fsp3) is 0.115. The van der Waals surface area contributed by atoms with E-state index in [0.717, 1.165) is 10.9 Å². The van der Waals surface area contributed by atoms with Gasteiger partial charge < -0.3 is 15.4 Å². The molecule has 1 fully saturated rings. The first-order valence-corrected chi connectivity index (χ1v) is 10.5. The number of amides is 2. The summed E-state index contributed by atoms with van der Waals surface area (Å²) in [6.07, 6.45) is 2.61. The van der Waals surface area contributed by atoms with Crippen molar-refractivity contribution < 1.29 is 18.7 Å². The van der Waals surface area contributed by atoms with Crippen LogP contribution in [0.15, 0.2) is 85.1 Å². The molecule has 2 N–H and O–H groups in total. The van der Waals surface area contributed by atoms with Gasteiger partial charge in [-0.15, -0.1) is 0 Å². The van der Waals surface area contributed by atoms with Gasteiger partial charge in [-0.25, -0.2) is 4.39 Å². The Morgan fingerprint density at radius 2 is 1.42 bits per heavy atom. The van der Waals surface area contributed by atoms with Crippen molar-refractivity contribution in [3.05, 3.63) is 90.9 Å².